The molecule has 94 valence electrons. The van der Waals surface area contributed by atoms with Gasteiger partial charge in [0, 0.05) is 19.6 Å². The molecule has 2 aliphatic heterocycles. The van der Waals surface area contributed by atoms with E-state index in [4.69, 9.17) is 5.84 Å². The molecule has 3 heteroatoms. The van der Waals surface area contributed by atoms with Crippen molar-refractivity contribution in [2.75, 3.05) is 19.6 Å². The van der Waals surface area contributed by atoms with E-state index in [-0.39, 0.29) is 0 Å². The van der Waals surface area contributed by atoms with Crippen LogP contribution in [0.15, 0.2) is 24.3 Å². The molecular formula is C14H23N3. The summed E-state index contributed by atoms with van der Waals surface area (Å²) in [4.78, 5) is 0. The van der Waals surface area contributed by atoms with Crippen molar-refractivity contribution in [3.8, 4) is 0 Å². The molecule has 0 aliphatic carbocycles. The van der Waals surface area contributed by atoms with Crippen molar-refractivity contribution < 1.29 is 0 Å². The predicted octanol–water partition coefficient (Wildman–Crippen LogP) is 1.68. The van der Waals surface area contributed by atoms with Crippen molar-refractivity contribution >= 4 is 0 Å². The summed E-state index contributed by atoms with van der Waals surface area (Å²) in [5.41, 5.74) is 2.98. The molecule has 2 aliphatic rings. The van der Waals surface area contributed by atoms with Crippen LogP contribution in [0.5, 0.6) is 0 Å². The van der Waals surface area contributed by atoms with Gasteiger partial charge in [-0.2, -0.15) is 0 Å². The lowest BCUT2D eigenvalue weighted by atomic mass is 10.0. The monoisotopic (exact) mass is 233 g/mol. The smallest absolute Gasteiger partial charge is 0.0208 e. The van der Waals surface area contributed by atoms with E-state index in [1.54, 1.807) is 0 Å². The van der Waals surface area contributed by atoms with Crippen LogP contribution in [-0.4, -0.2) is 24.6 Å². The third-order valence-electron chi connectivity index (χ3n) is 3.40. The minimum Gasteiger partial charge on any atom is -0.312 e. The molecule has 3 rings (SSSR count). The highest BCUT2D eigenvalue weighted by molar-refractivity contribution is 5.28. The summed E-state index contributed by atoms with van der Waals surface area (Å²) in [5, 5.41) is 5.23. The largest absolute Gasteiger partial charge is 0.312 e. The Labute approximate surface area is 104 Å². The average molecular weight is 233 g/mol. The first-order chi connectivity index (χ1) is 8.36. The van der Waals surface area contributed by atoms with Gasteiger partial charge in [0.2, 0.25) is 0 Å². The molecule has 0 radical (unpaired) electrons. The summed E-state index contributed by atoms with van der Waals surface area (Å²) >= 11 is 0. The van der Waals surface area contributed by atoms with Gasteiger partial charge in [-0.15, -0.1) is 0 Å². The molecule has 1 fully saturated rings. The molecule has 0 spiro atoms. The van der Waals surface area contributed by atoms with Gasteiger partial charge >= 0.3 is 0 Å². The van der Waals surface area contributed by atoms with Crippen LogP contribution in [0, 0.1) is 0 Å². The van der Waals surface area contributed by atoms with E-state index in [1.165, 1.54) is 36.8 Å². The highest BCUT2D eigenvalue weighted by Gasteiger charge is 2.05. The number of benzene rings is 1. The number of hydrazine groups is 1. The third kappa shape index (κ3) is 4.11. The number of hydrogen-bond donors (Lipinski definition) is 2. The first-order valence-corrected chi connectivity index (χ1v) is 6.63. The Morgan fingerprint density at radius 3 is 2.29 bits per heavy atom. The van der Waals surface area contributed by atoms with Crippen LogP contribution in [-0.2, 0) is 13.0 Å². The topological polar surface area (TPSA) is 41.3 Å². The Balaban J connectivity index is 0.000000136. The number of nitrogens with zero attached hydrogens (tertiary/aromatic N) is 1. The summed E-state index contributed by atoms with van der Waals surface area (Å²) in [6.07, 6.45) is 5.14. The predicted molar refractivity (Wildman–Crippen MR) is 71.5 cm³/mol. The van der Waals surface area contributed by atoms with E-state index in [0.29, 0.717) is 0 Å². The zero-order chi connectivity index (χ0) is 11.9. The lowest BCUT2D eigenvalue weighted by Gasteiger charge is -2.20. The molecule has 1 saturated heterocycles. The molecule has 0 atom stereocenters. The first kappa shape index (κ1) is 12.6. The zero-order valence-electron chi connectivity index (χ0n) is 10.5. The minimum atomic E-state index is 1.05. The summed E-state index contributed by atoms with van der Waals surface area (Å²) < 4.78 is 0. The standard InChI is InChI=1S/C9H11N.C5H12N2/c1-2-4-9-7-10-6-5-8(9)3-1;6-7-4-2-1-3-5-7/h1-4,10H,5-7H2;1-6H2. The Hall–Kier alpha value is -0.900. The van der Waals surface area contributed by atoms with Gasteiger partial charge in [0.15, 0.2) is 0 Å². The fourth-order valence-electron chi connectivity index (χ4n) is 2.34. The molecule has 2 heterocycles. The molecule has 1 aromatic rings. The summed E-state index contributed by atoms with van der Waals surface area (Å²) in [5.74, 6) is 5.47. The molecule has 0 amide bonds. The van der Waals surface area contributed by atoms with Crippen molar-refractivity contribution in [2.24, 2.45) is 5.84 Å². The average Bonchev–Trinajstić information content (AvgIpc) is 2.41. The molecule has 0 saturated carbocycles. The highest BCUT2D eigenvalue weighted by atomic mass is 15.4. The Kier molecular flexibility index (Phi) is 4.98. The van der Waals surface area contributed by atoms with Gasteiger partial charge in [-0.25, -0.2) is 5.01 Å². The molecule has 17 heavy (non-hydrogen) atoms. The van der Waals surface area contributed by atoms with Crippen LogP contribution < -0.4 is 11.2 Å². The second kappa shape index (κ2) is 6.74. The Morgan fingerprint density at radius 2 is 1.71 bits per heavy atom. The van der Waals surface area contributed by atoms with Crippen molar-refractivity contribution in [2.45, 2.75) is 32.2 Å². The Bertz CT molecular complexity index is 307. The van der Waals surface area contributed by atoms with Gasteiger partial charge in [-0.3, -0.25) is 5.84 Å². The third-order valence-corrected chi connectivity index (χ3v) is 3.40. The van der Waals surface area contributed by atoms with Gasteiger partial charge in [0.25, 0.3) is 0 Å². The Morgan fingerprint density at radius 1 is 1.00 bits per heavy atom. The van der Waals surface area contributed by atoms with Gasteiger partial charge in [0.1, 0.15) is 0 Å². The van der Waals surface area contributed by atoms with E-state index in [9.17, 15) is 0 Å². The summed E-state index contributed by atoms with van der Waals surface area (Å²) in [6.45, 7) is 4.38. The first-order valence-electron chi connectivity index (χ1n) is 6.63. The molecule has 1 aromatic carbocycles. The number of nitrogens with one attached hydrogen (secondary N) is 1. The zero-order valence-corrected chi connectivity index (χ0v) is 10.5. The number of nitrogens with two attached hydrogens (primary N) is 1. The van der Waals surface area contributed by atoms with Crippen LogP contribution >= 0.6 is 0 Å². The van der Waals surface area contributed by atoms with Crippen LogP contribution in [0.2, 0.25) is 0 Å². The van der Waals surface area contributed by atoms with Gasteiger partial charge in [-0.1, -0.05) is 30.7 Å². The maximum absolute atomic E-state index is 5.47. The highest BCUT2D eigenvalue weighted by Crippen LogP contribution is 2.11. The van der Waals surface area contributed by atoms with Crippen LogP contribution in [0.3, 0.4) is 0 Å². The summed E-state index contributed by atoms with van der Waals surface area (Å²) in [7, 11) is 0. The maximum atomic E-state index is 5.47. The quantitative estimate of drug-likeness (QED) is 0.670. The number of piperidine rings is 1. The molecule has 3 nitrogen and oxygen atoms in total. The number of rotatable bonds is 0. The van der Waals surface area contributed by atoms with Crippen LogP contribution in [0.1, 0.15) is 30.4 Å². The minimum absolute atomic E-state index is 1.05. The van der Waals surface area contributed by atoms with Gasteiger partial charge < -0.3 is 5.32 Å². The van der Waals surface area contributed by atoms with Crippen LogP contribution in [0.4, 0.5) is 0 Å². The second-order valence-corrected chi connectivity index (χ2v) is 4.79. The lowest BCUT2D eigenvalue weighted by Crippen LogP contribution is -2.35. The van der Waals surface area contributed by atoms with Crippen molar-refractivity contribution in [1.29, 1.82) is 0 Å². The van der Waals surface area contributed by atoms with Crippen molar-refractivity contribution in [1.82, 2.24) is 10.3 Å². The fourth-order valence-corrected chi connectivity index (χ4v) is 2.34. The second-order valence-electron chi connectivity index (χ2n) is 4.79. The van der Waals surface area contributed by atoms with E-state index in [2.05, 4.69) is 29.6 Å². The number of hydrogen-bond acceptors (Lipinski definition) is 3. The molecule has 0 bridgehead atoms. The van der Waals surface area contributed by atoms with Crippen molar-refractivity contribution in [3.63, 3.8) is 0 Å². The molecule has 0 aromatic heterocycles. The maximum Gasteiger partial charge on any atom is 0.0208 e. The van der Waals surface area contributed by atoms with Crippen LogP contribution in [0.25, 0.3) is 0 Å². The molecular weight excluding hydrogens is 210 g/mol. The van der Waals surface area contributed by atoms with E-state index in [0.717, 1.165) is 26.2 Å². The van der Waals surface area contributed by atoms with Gasteiger partial charge in [-0.05, 0) is 36.9 Å². The fraction of sp³-hybridized carbons (Fsp3) is 0.571. The van der Waals surface area contributed by atoms with E-state index < -0.39 is 0 Å². The lowest BCUT2D eigenvalue weighted by molar-refractivity contribution is 0.235. The van der Waals surface area contributed by atoms with Gasteiger partial charge in [0.05, 0.1) is 0 Å². The van der Waals surface area contributed by atoms with E-state index in [1.807, 2.05) is 5.01 Å². The van der Waals surface area contributed by atoms with E-state index >= 15 is 0 Å². The normalized spacial score (nSPS) is 20.1. The molecule has 0 unspecified atom stereocenters. The summed E-state index contributed by atoms with van der Waals surface area (Å²) in [6, 6.07) is 8.63. The van der Waals surface area contributed by atoms with Crippen molar-refractivity contribution in [3.05, 3.63) is 35.4 Å². The SMILES string of the molecule is NN1CCCCC1.c1ccc2c(c1)CCNC2. The molecule has 3 N–H and O–H groups in total. The number of fused-ring (bicyclic) bond motifs is 1.